The summed E-state index contributed by atoms with van der Waals surface area (Å²) in [5.41, 5.74) is 1.41. The van der Waals surface area contributed by atoms with E-state index in [1.165, 1.54) is 23.1 Å². The summed E-state index contributed by atoms with van der Waals surface area (Å²) in [7, 11) is -1.73. The van der Waals surface area contributed by atoms with Crippen molar-refractivity contribution in [2.75, 3.05) is 23.0 Å². The van der Waals surface area contributed by atoms with Crippen LogP contribution >= 0.6 is 0 Å². The Hall–Kier alpha value is -2.93. The van der Waals surface area contributed by atoms with Gasteiger partial charge in [-0.1, -0.05) is 19.6 Å². The lowest BCUT2D eigenvalue weighted by atomic mass is 10.1. The highest BCUT2D eigenvalue weighted by atomic mass is 32.2. The number of carbonyl (C=O) groups is 2. The fourth-order valence-corrected chi connectivity index (χ4v) is 3.16. The molecule has 2 aromatic carbocycles. The molecule has 136 valence electrons. The molecule has 1 N–H and O–H groups in total. The fraction of sp³-hybridized carbons (Fsp3) is 0.158. The van der Waals surface area contributed by atoms with Crippen molar-refractivity contribution in [2.24, 2.45) is 0 Å². The summed E-state index contributed by atoms with van der Waals surface area (Å²) in [5, 5.41) is 2.68. The summed E-state index contributed by atoms with van der Waals surface area (Å²) in [4.78, 5) is 25.5. The van der Waals surface area contributed by atoms with Crippen molar-refractivity contribution in [3.05, 3.63) is 66.7 Å². The molecule has 0 bridgehead atoms. The first-order valence-electron chi connectivity index (χ1n) is 7.93. The molecule has 6 nitrogen and oxygen atoms in total. The van der Waals surface area contributed by atoms with Gasteiger partial charge in [0.1, 0.15) is 0 Å². The van der Waals surface area contributed by atoms with E-state index in [1.54, 1.807) is 50.4 Å². The Bertz CT molecular complexity index is 934. The van der Waals surface area contributed by atoms with E-state index in [4.69, 9.17) is 0 Å². The zero-order valence-electron chi connectivity index (χ0n) is 14.6. The number of carbonyl (C=O) groups excluding carboxylic acids is 2. The van der Waals surface area contributed by atoms with Gasteiger partial charge in [-0.05, 0) is 48.5 Å². The monoisotopic (exact) mass is 372 g/mol. The number of rotatable bonds is 6. The van der Waals surface area contributed by atoms with E-state index in [0.29, 0.717) is 16.9 Å². The molecule has 0 aliphatic carbocycles. The summed E-state index contributed by atoms with van der Waals surface area (Å²) < 4.78 is 23.9. The topological polar surface area (TPSA) is 83.6 Å². The molecule has 0 aliphatic heterocycles. The molecule has 0 spiro atoms. The third-order valence-electron chi connectivity index (χ3n) is 3.85. The second kappa shape index (κ2) is 7.97. The highest BCUT2D eigenvalue weighted by molar-refractivity contribution is 7.91. The van der Waals surface area contributed by atoms with Crippen LogP contribution in [-0.4, -0.2) is 33.0 Å². The average molecular weight is 372 g/mol. The van der Waals surface area contributed by atoms with E-state index in [9.17, 15) is 18.0 Å². The lowest BCUT2D eigenvalue weighted by Crippen LogP contribution is -2.23. The highest BCUT2D eigenvalue weighted by Crippen LogP contribution is 2.19. The van der Waals surface area contributed by atoms with Gasteiger partial charge in [0.25, 0.3) is 5.91 Å². The molecule has 0 heterocycles. The van der Waals surface area contributed by atoms with Crippen LogP contribution in [0.15, 0.2) is 66.1 Å². The molecule has 0 saturated carbocycles. The predicted molar refractivity (Wildman–Crippen MR) is 102 cm³/mol. The van der Waals surface area contributed by atoms with Gasteiger partial charge in [0.05, 0.1) is 10.6 Å². The Kier molecular flexibility index (Phi) is 5.94. The van der Waals surface area contributed by atoms with Gasteiger partial charge >= 0.3 is 0 Å². The normalized spacial score (nSPS) is 10.8. The zero-order valence-corrected chi connectivity index (χ0v) is 15.4. The number of benzene rings is 2. The second-order valence-electron chi connectivity index (χ2n) is 5.53. The van der Waals surface area contributed by atoms with E-state index >= 15 is 0 Å². The molecule has 2 amide bonds. The van der Waals surface area contributed by atoms with Crippen LogP contribution in [0.4, 0.5) is 11.4 Å². The van der Waals surface area contributed by atoms with Crippen molar-refractivity contribution >= 4 is 33.0 Å². The van der Waals surface area contributed by atoms with Gasteiger partial charge in [-0.3, -0.25) is 9.59 Å². The minimum absolute atomic E-state index is 0.0111. The van der Waals surface area contributed by atoms with Crippen LogP contribution < -0.4 is 10.2 Å². The lowest BCUT2D eigenvalue weighted by Gasteiger charge is -2.15. The second-order valence-corrected chi connectivity index (χ2v) is 7.81. The maximum Gasteiger partial charge on any atom is 0.255 e. The van der Waals surface area contributed by atoms with Gasteiger partial charge in [0, 0.05) is 24.0 Å². The van der Waals surface area contributed by atoms with Crippen LogP contribution in [0.1, 0.15) is 17.3 Å². The van der Waals surface area contributed by atoms with Crippen LogP contribution in [0.2, 0.25) is 0 Å². The third kappa shape index (κ3) is 4.37. The van der Waals surface area contributed by atoms with Crippen LogP contribution in [0, 0.1) is 0 Å². The van der Waals surface area contributed by atoms with Gasteiger partial charge in [0.15, 0.2) is 9.84 Å². The summed E-state index contributed by atoms with van der Waals surface area (Å²) in [5.74, 6) is -0.639. The minimum Gasteiger partial charge on any atom is -0.322 e. The van der Waals surface area contributed by atoms with E-state index in [0.717, 1.165) is 0 Å². The maximum absolute atomic E-state index is 12.4. The summed E-state index contributed by atoms with van der Waals surface area (Å²) >= 11 is 0. The number of hydrogen-bond donors (Lipinski definition) is 1. The molecule has 26 heavy (non-hydrogen) atoms. The quantitative estimate of drug-likeness (QED) is 0.791. The Morgan fingerprint density at radius 2 is 1.81 bits per heavy atom. The number of sulfone groups is 1. The lowest BCUT2D eigenvalue weighted by molar-refractivity contribution is -0.113. The first-order valence-corrected chi connectivity index (χ1v) is 9.58. The molecule has 0 radical (unpaired) electrons. The van der Waals surface area contributed by atoms with Crippen molar-refractivity contribution in [3.8, 4) is 0 Å². The molecule has 7 heteroatoms. The highest BCUT2D eigenvalue weighted by Gasteiger charge is 2.13. The van der Waals surface area contributed by atoms with Crippen molar-refractivity contribution in [1.82, 2.24) is 0 Å². The van der Waals surface area contributed by atoms with E-state index in [2.05, 4.69) is 11.9 Å². The first kappa shape index (κ1) is 19.4. The molecule has 2 rings (SSSR count). The first-order chi connectivity index (χ1) is 12.3. The number of nitrogens with one attached hydrogen (secondary N) is 1. The van der Waals surface area contributed by atoms with Crippen LogP contribution in [0.5, 0.6) is 0 Å². The molecule has 0 aliphatic rings. The van der Waals surface area contributed by atoms with E-state index in [-0.39, 0.29) is 22.5 Å². The summed E-state index contributed by atoms with van der Waals surface area (Å²) in [6.07, 6.45) is 1.21. The van der Waals surface area contributed by atoms with E-state index in [1.807, 2.05) is 0 Å². The van der Waals surface area contributed by atoms with Crippen molar-refractivity contribution in [1.29, 1.82) is 0 Å². The van der Waals surface area contributed by atoms with Crippen LogP contribution in [0.3, 0.4) is 0 Å². The fourth-order valence-electron chi connectivity index (χ4n) is 2.24. The predicted octanol–water partition coefficient (Wildman–Crippen LogP) is 2.88. The van der Waals surface area contributed by atoms with Gasteiger partial charge in [-0.25, -0.2) is 8.42 Å². The molecule has 0 atom stereocenters. The number of anilines is 2. The molecule has 0 unspecified atom stereocenters. The molecule has 0 saturated heterocycles. The maximum atomic E-state index is 12.4. The number of amides is 2. The van der Waals surface area contributed by atoms with Gasteiger partial charge in [0.2, 0.25) is 5.91 Å². The number of hydrogen-bond acceptors (Lipinski definition) is 4. The smallest absolute Gasteiger partial charge is 0.255 e. The van der Waals surface area contributed by atoms with Gasteiger partial charge in [-0.15, -0.1) is 0 Å². The Balaban J connectivity index is 2.17. The number of nitrogens with zero attached hydrogens (tertiary/aromatic N) is 1. The van der Waals surface area contributed by atoms with Gasteiger partial charge < -0.3 is 10.2 Å². The van der Waals surface area contributed by atoms with Crippen LogP contribution in [-0.2, 0) is 14.6 Å². The number of likely N-dealkylation sites (N-methyl/N-ethyl adjacent to an activating group) is 1. The minimum atomic E-state index is -3.34. The van der Waals surface area contributed by atoms with Crippen LogP contribution in [0.25, 0.3) is 0 Å². The zero-order chi connectivity index (χ0) is 19.3. The molecular formula is C19H20N2O4S. The molecule has 2 aromatic rings. The SMILES string of the molecule is C=CC(=O)N(C)c1ccc(C(=O)Nc2cccc(S(=O)(=O)CC)c2)cc1. The Morgan fingerprint density at radius 1 is 1.15 bits per heavy atom. The summed E-state index contributed by atoms with van der Waals surface area (Å²) in [6, 6.07) is 12.6. The summed E-state index contributed by atoms with van der Waals surface area (Å²) in [6.45, 7) is 5.00. The largest absolute Gasteiger partial charge is 0.322 e. The van der Waals surface area contributed by atoms with Crippen molar-refractivity contribution in [3.63, 3.8) is 0 Å². The van der Waals surface area contributed by atoms with Crippen molar-refractivity contribution in [2.45, 2.75) is 11.8 Å². The Labute approximate surface area is 153 Å². The van der Waals surface area contributed by atoms with E-state index < -0.39 is 9.84 Å². The van der Waals surface area contributed by atoms with Gasteiger partial charge in [-0.2, -0.15) is 0 Å². The molecule has 0 fully saturated rings. The Morgan fingerprint density at radius 3 is 2.38 bits per heavy atom. The standard InChI is InChI=1S/C19H20N2O4S/c1-4-18(22)21(3)16-11-9-14(10-12-16)19(23)20-15-7-6-8-17(13-15)26(24,25)5-2/h4,6-13H,1,5H2,2-3H3,(H,20,23). The van der Waals surface area contributed by atoms with Crippen molar-refractivity contribution < 1.29 is 18.0 Å². The average Bonchev–Trinajstić information content (AvgIpc) is 2.67. The molecular weight excluding hydrogens is 352 g/mol. The third-order valence-corrected chi connectivity index (χ3v) is 5.59. The molecule has 0 aromatic heterocycles.